The molecular formula is C18H16O3. The van der Waals surface area contributed by atoms with Crippen molar-refractivity contribution in [2.24, 2.45) is 0 Å². The Morgan fingerprint density at radius 1 is 1.05 bits per heavy atom. The smallest absolute Gasteiger partial charge is 0.336 e. The average molecular weight is 280 g/mol. The summed E-state index contributed by atoms with van der Waals surface area (Å²) in [6.07, 6.45) is 0.937. The lowest BCUT2D eigenvalue weighted by molar-refractivity contribution is 0.317. The van der Waals surface area contributed by atoms with Crippen molar-refractivity contribution in [2.45, 2.75) is 13.3 Å². The molecule has 1 heterocycles. The molecule has 0 aliphatic carbocycles. The van der Waals surface area contributed by atoms with Crippen LogP contribution in [-0.4, -0.2) is 6.61 Å². The van der Waals surface area contributed by atoms with Crippen LogP contribution in [0.25, 0.3) is 22.1 Å². The van der Waals surface area contributed by atoms with E-state index in [1.807, 2.05) is 42.5 Å². The molecule has 0 spiro atoms. The molecule has 0 atom stereocenters. The fourth-order valence-electron chi connectivity index (χ4n) is 2.31. The summed E-state index contributed by atoms with van der Waals surface area (Å²) in [7, 11) is 0. The van der Waals surface area contributed by atoms with E-state index in [4.69, 9.17) is 9.15 Å². The standard InChI is InChI=1S/C18H16O3/c1-2-10-20-14-8-9-15-16(13-6-4-3-5-7-13)12-18(19)21-17(15)11-14/h3-9,11-12H,2,10H2,1H3. The molecule has 0 aliphatic heterocycles. The molecule has 1 aromatic heterocycles. The number of hydrogen-bond donors (Lipinski definition) is 0. The quantitative estimate of drug-likeness (QED) is 0.671. The van der Waals surface area contributed by atoms with E-state index in [2.05, 4.69) is 6.92 Å². The van der Waals surface area contributed by atoms with E-state index < -0.39 is 0 Å². The van der Waals surface area contributed by atoms with Gasteiger partial charge < -0.3 is 9.15 Å². The number of rotatable bonds is 4. The van der Waals surface area contributed by atoms with Crippen molar-refractivity contribution in [3.8, 4) is 16.9 Å². The SMILES string of the molecule is CCCOc1ccc2c(-c3ccccc3)cc(=O)oc2c1. The van der Waals surface area contributed by atoms with Crippen LogP contribution in [0.2, 0.25) is 0 Å². The predicted molar refractivity (Wildman–Crippen MR) is 83.7 cm³/mol. The Bertz CT molecular complexity index is 804. The summed E-state index contributed by atoms with van der Waals surface area (Å²) >= 11 is 0. The highest BCUT2D eigenvalue weighted by molar-refractivity contribution is 5.93. The zero-order valence-corrected chi connectivity index (χ0v) is 11.8. The first-order chi connectivity index (χ1) is 10.3. The first-order valence-corrected chi connectivity index (χ1v) is 7.04. The van der Waals surface area contributed by atoms with Gasteiger partial charge in [0.05, 0.1) is 6.61 Å². The van der Waals surface area contributed by atoms with Gasteiger partial charge in [0.15, 0.2) is 0 Å². The second kappa shape index (κ2) is 5.83. The van der Waals surface area contributed by atoms with Gasteiger partial charge in [-0.2, -0.15) is 0 Å². The number of ether oxygens (including phenoxy) is 1. The van der Waals surface area contributed by atoms with Gasteiger partial charge in [0.1, 0.15) is 11.3 Å². The van der Waals surface area contributed by atoms with Gasteiger partial charge >= 0.3 is 5.63 Å². The Balaban J connectivity index is 2.15. The lowest BCUT2D eigenvalue weighted by Crippen LogP contribution is -1.99. The molecule has 3 aromatic rings. The normalized spacial score (nSPS) is 10.7. The van der Waals surface area contributed by atoms with Gasteiger partial charge in [-0.05, 0) is 29.7 Å². The molecule has 3 heteroatoms. The Morgan fingerprint density at radius 2 is 1.86 bits per heavy atom. The molecule has 2 aromatic carbocycles. The topological polar surface area (TPSA) is 39.4 Å². The van der Waals surface area contributed by atoms with Gasteiger partial charge in [-0.25, -0.2) is 4.79 Å². The molecule has 0 amide bonds. The van der Waals surface area contributed by atoms with Crippen LogP contribution >= 0.6 is 0 Å². The minimum Gasteiger partial charge on any atom is -0.493 e. The van der Waals surface area contributed by atoms with Crippen LogP contribution in [0.4, 0.5) is 0 Å². The van der Waals surface area contributed by atoms with Crippen LogP contribution in [-0.2, 0) is 0 Å². The molecule has 21 heavy (non-hydrogen) atoms. The predicted octanol–water partition coefficient (Wildman–Crippen LogP) is 4.25. The van der Waals surface area contributed by atoms with Crippen molar-refractivity contribution in [3.05, 3.63) is 65.0 Å². The first-order valence-electron chi connectivity index (χ1n) is 7.04. The molecule has 3 rings (SSSR count). The fourth-order valence-corrected chi connectivity index (χ4v) is 2.31. The molecular weight excluding hydrogens is 264 g/mol. The maximum Gasteiger partial charge on any atom is 0.336 e. The number of hydrogen-bond acceptors (Lipinski definition) is 3. The maximum absolute atomic E-state index is 11.8. The van der Waals surface area contributed by atoms with Crippen LogP contribution in [0, 0.1) is 0 Å². The van der Waals surface area contributed by atoms with Gasteiger partial charge in [-0.1, -0.05) is 37.3 Å². The zero-order valence-electron chi connectivity index (χ0n) is 11.8. The molecule has 0 aliphatic rings. The van der Waals surface area contributed by atoms with E-state index in [1.54, 1.807) is 6.07 Å². The third kappa shape index (κ3) is 2.82. The highest BCUT2D eigenvalue weighted by Crippen LogP contribution is 2.29. The van der Waals surface area contributed by atoms with Gasteiger partial charge in [0.25, 0.3) is 0 Å². The van der Waals surface area contributed by atoms with Crippen molar-refractivity contribution < 1.29 is 9.15 Å². The molecule has 0 fully saturated rings. The first kappa shape index (κ1) is 13.4. The zero-order chi connectivity index (χ0) is 14.7. The third-order valence-corrected chi connectivity index (χ3v) is 3.27. The number of benzene rings is 2. The molecule has 0 unspecified atom stereocenters. The molecule has 0 radical (unpaired) electrons. The van der Waals surface area contributed by atoms with Crippen molar-refractivity contribution >= 4 is 11.0 Å². The highest BCUT2D eigenvalue weighted by atomic mass is 16.5. The monoisotopic (exact) mass is 280 g/mol. The van der Waals surface area contributed by atoms with Gasteiger partial charge in [0, 0.05) is 17.5 Å². The van der Waals surface area contributed by atoms with Crippen molar-refractivity contribution in [1.82, 2.24) is 0 Å². The van der Waals surface area contributed by atoms with E-state index >= 15 is 0 Å². The minimum absolute atomic E-state index is 0.353. The van der Waals surface area contributed by atoms with E-state index in [9.17, 15) is 4.79 Å². The molecule has 0 bridgehead atoms. The lowest BCUT2D eigenvalue weighted by atomic mass is 10.0. The van der Waals surface area contributed by atoms with Crippen molar-refractivity contribution in [3.63, 3.8) is 0 Å². The largest absolute Gasteiger partial charge is 0.493 e. The summed E-state index contributed by atoms with van der Waals surface area (Å²) in [6.45, 7) is 2.70. The Kier molecular flexibility index (Phi) is 3.73. The summed E-state index contributed by atoms with van der Waals surface area (Å²) in [6, 6.07) is 17.0. The Hall–Kier alpha value is -2.55. The summed E-state index contributed by atoms with van der Waals surface area (Å²) in [5.41, 5.74) is 2.07. The summed E-state index contributed by atoms with van der Waals surface area (Å²) in [5, 5.41) is 0.907. The van der Waals surface area contributed by atoms with E-state index in [0.29, 0.717) is 12.2 Å². The van der Waals surface area contributed by atoms with Crippen molar-refractivity contribution in [1.29, 1.82) is 0 Å². The van der Waals surface area contributed by atoms with Gasteiger partial charge in [0.2, 0.25) is 0 Å². The van der Waals surface area contributed by atoms with Crippen LogP contribution < -0.4 is 10.4 Å². The summed E-state index contributed by atoms with van der Waals surface area (Å²) in [5.74, 6) is 0.720. The molecule has 3 nitrogen and oxygen atoms in total. The van der Waals surface area contributed by atoms with Crippen LogP contribution in [0.3, 0.4) is 0 Å². The van der Waals surface area contributed by atoms with Crippen LogP contribution in [0.5, 0.6) is 5.75 Å². The molecule has 0 saturated carbocycles. The van der Waals surface area contributed by atoms with Gasteiger partial charge in [-0.15, -0.1) is 0 Å². The second-order valence-corrected chi connectivity index (χ2v) is 4.85. The lowest BCUT2D eigenvalue weighted by Gasteiger charge is -2.08. The third-order valence-electron chi connectivity index (χ3n) is 3.27. The maximum atomic E-state index is 11.8. The Morgan fingerprint density at radius 3 is 2.62 bits per heavy atom. The summed E-state index contributed by atoms with van der Waals surface area (Å²) in [4.78, 5) is 11.8. The van der Waals surface area contributed by atoms with Gasteiger partial charge in [-0.3, -0.25) is 0 Å². The van der Waals surface area contributed by atoms with Crippen LogP contribution in [0.1, 0.15) is 13.3 Å². The fraction of sp³-hybridized carbons (Fsp3) is 0.167. The highest BCUT2D eigenvalue weighted by Gasteiger charge is 2.08. The molecule has 0 saturated heterocycles. The van der Waals surface area contributed by atoms with E-state index in [0.717, 1.165) is 28.7 Å². The molecule has 0 N–H and O–H groups in total. The van der Waals surface area contributed by atoms with Crippen molar-refractivity contribution in [2.75, 3.05) is 6.61 Å². The Labute approximate surface area is 122 Å². The summed E-state index contributed by atoms with van der Waals surface area (Å²) < 4.78 is 10.9. The van der Waals surface area contributed by atoms with Crippen LogP contribution in [0.15, 0.2) is 63.8 Å². The van der Waals surface area contributed by atoms with E-state index in [-0.39, 0.29) is 5.63 Å². The average Bonchev–Trinajstić information content (AvgIpc) is 2.52. The van der Waals surface area contributed by atoms with E-state index in [1.165, 1.54) is 6.07 Å². The number of fused-ring (bicyclic) bond motifs is 1. The minimum atomic E-state index is -0.353. The molecule has 106 valence electrons. The second-order valence-electron chi connectivity index (χ2n) is 4.85.